The van der Waals surface area contributed by atoms with Gasteiger partial charge in [-0.3, -0.25) is 9.59 Å². The summed E-state index contributed by atoms with van der Waals surface area (Å²) in [5, 5.41) is 12.0. The number of carboxylic acid groups (broad SMARTS) is 1. The minimum atomic E-state index is -0.994. The lowest BCUT2D eigenvalue weighted by Crippen LogP contribution is -2.56. The van der Waals surface area contributed by atoms with Gasteiger partial charge in [0.25, 0.3) is 0 Å². The van der Waals surface area contributed by atoms with E-state index in [0.29, 0.717) is 12.8 Å². The number of amides is 2. The summed E-state index contributed by atoms with van der Waals surface area (Å²) in [6.45, 7) is 3.78. The quantitative estimate of drug-likeness (QED) is 0.688. The molecule has 0 radical (unpaired) electrons. The SMILES string of the molecule is CC(C)[C@H](S)C(=O)N[C@H]1Cc2ccccc2[C@H]2CCC[C@@H](C(=O)O)N2C1=O. The molecule has 1 aromatic carbocycles. The standard InChI is InChI=1S/C20H26N2O4S/c1-11(2)17(27)18(23)21-14-10-12-6-3-4-7-13(12)15-8-5-9-16(20(25)26)22(15)19(14)24/h3-4,6-7,11,14-17,27H,5,8-10H2,1-2H3,(H,21,23)(H,25,26)/t14-,15+,16-,17-/m0/s1. The number of piperidine rings is 1. The van der Waals surface area contributed by atoms with Gasteiger partial charge in [0.05, 0.1) is 11.3 Å². The molecule has 2 heterocycles. The van der Waals surface area contributed by atoms with Gasteiger partial charge in [0.1, 0.15) is 12.1 Å². The largest absolute Gasteiger partial charge is 0.480 e. The molecule has 0 aliphatic carbocycles. The van der Waals surface area contributed by atoms with Crippen LogP contribution >= 0.6 is 12.6 Å². The van der Waals surface area contributed by atoms with Crippen molar-refractivity contribution in [2.24, 2.45) is 5.92 Å². The smallest absolute Gasteiger partial charge is 0.326 e. The molecule has 0 bridgehead atoms. The molecule has 0 saturated carbocycles. The Morgan fingerprint density at radius 2 is 1.96 bits per heavy atom. The third-order valence-corrected chi connectivity index (χ3v) is 6.35. The van der Waals surface area contributed by atoms with E-state index in [1.54, 1.807) is 0 Å². The van der Waals surface area contributed by atoms with Crippen LogP contribution in [0.15, 0.2) is 24.3 Å². The maximum absolute atomic E-state index is 13.3. The highest BCUT2D eigenvalue weighted by atomic mass is 32.1. The molecule has 1 saturated heterocycles. The highest BCUT2D eigenvalue weighted by Gasteiger charge is 2.44. The Balaban J connectivity index is 1.98. The fourth-order valence-electron chi connectivity index (χ4n) is 4.06. The number of hydrogen-bond donors (Lipinski definition) is 3. The van der Waals surface area contributed by atoms with Crippen LogP contribution in [0.25, 0.3) is 0 Å². The molecule has 2 N–H and O–H groups in total. The summed E-state index contributed by atoms with van der Waals surface area (Å²) < 4.78 is 0. The van der Waals surface area contributed by atoms with Crippen molar-refractivity contribution in [3.63, 3.8) is 0 Å². The molecule has 7 heteroatoms. The van der Waals surface area contributed by atoms with Gasteiger partial charge < -0.3 is 15.3 Å². The molecule has 2 amide bonds. The number of rotatable bonds is 4. The molecule has 1 fully saturated rings. The molecule has 4 atom stereocenters. The highest BCUT2D eigenvalue weighted by molar-refractivity contribution is 7.81. The average Bonchev–Trinajstić information content (AvgIpc) is 2.76. The van der Waals surface area contributed by atoms with Gasteiger partial charge in [-0.15, -0.1) is 0 Å². The second kappa shape index (κ2) is 7.92. The van der Waals surface area contributed by atoms with Crippen LogP contribution in [0.5, 0.6) is 0 Å². The monoisotopic (exact) mass is 390 g/mol. The van der Waals surface area contributed by atoms with E-state index in [9.17, 15) is 19.5 Å². The summed E-state index contributed by atoms with van der Waals surface area (Å²) in [7, 11) is 0. The molecule has 3 rings (SSSR count). The third kappa shape index (κ3) is 3.83. The molecular formula is C20H26N2O4S. The predicted octanol–water partition coefficient (Wildman–Crippen LogP) is 2.19. The third-order valence-electron chi connectivity index (χ3n) is 5.52. The van der Waals surface area contributed by atoms with Crippen molar-refractivity contribution in [3.8, 4) is 0 Å². The maximum atomic E-state index is 13.3. The van der Waals surface area contributed by atoms with E-state index in [2.05, 4.69) is 17.9 Å². The minimum Gasteiger partial charge on any atom is -0.480 e. The minimum absolute atomic E-state index is 0.0241. The molecule has 146 valence electrons. The number of nitrogens with zero attached hydrogens (tertiary/aromatic N) is 1. The van der Waals surface area contributed by atoms with Crippen LogP contribution in [-0.2, 0) is 20.8 Å². The zero-order chi connectivity index (χ0) is 19.7. The molecule has 6 nitrogen and oxygen atoms in total. The van der Waals surface area contributed by atoms with Crippen LogP contribution in [0.3, 0.4) is 0 Å². The number of nitrogens with one attached hydrogen (secondary N) is 1. The number of benzene rings is 1. The van der Waals surface area contributed by atoms with E-state index in [4.69, 9.17) is 0 Å². The van der Waals surface area contributed by atoms with Gasteiger partial charge >= 0.3 is 5.97 Å². The lowest BCUT2D eigenvalue weighted by Gasteiger charge is -2.40. The van der Waals surface area contributed by atoms with E-state index < -0.39 is 23.3 Å². The first-order valence-electron chi connectivity index (χ1n) is 9.42. The van der Waals surface area contributed by atoms with Crippen molar-refractivity contribution in [3.05, 3.63) is 35.4 Å². The summed E-state index contributed by atoms with van der Waals surface area (Å²) in [5.41, 5.74) is 1.97. The van der Waals surface area contributed by atoms with Gasteiger partial charge in [0.15, 0.2) is 0 Å². The number of carboxylic acids is 1. The van der Waals surface area contributed by atoms with Gasteiger partial charge in [-0.1, -0.05) is 38.1 Å². The summed E-state index contributed by atoms with van der Waals surface area (Å²) >= 11 is 4.34. The first kappa shape index (κ1) is 19.7. The number of carbonyl (C=O) groups is 3. The fourth-order valence-corrected chi connectivity index (χ4v) is 4.13. The first-order valence-corrected chi connectivity index (χ1v) is 9.94. The number of carbonyl (C=O) groups excluding carboxylic acids is 2. The highest BCUT2D eigenvalue weighted by Crippen LogP contribution is 2.39. The van der Waals surface area contributed by atoms with E-state index in [1.165, 1.54) is 4.90 Å². The van der Waals surface area contributed by atoms with Crippen molar-refractivity contribution in [2.45, 2.75) is 62.9 Å². The van der Waals surface area contributed by atoms with Crippen molar-refractivity contribution >= 4 is 30.4 Å². The zero-order valence-corrected chi connectivity index (χ0v) is 16.5. The van der Waals surface area contributed by atoms with Crippen LogP contribution in [0.1, 0.15) is 50.3 Å². The van der Waals surface area contributed by atoms with Crippen molar-refractivity contribution in [1.82, 2.24) is 10.2 Å². The van der Waals surface area contributed by atoms with E-state index in [1.807, 2.05) is 38.1 Å². The van der Waals surface area contributed by atoms with Crippen LogP contribution in [0.2, 0.25) is 0 Å². The second-order valence-corrected chi connectivity index (χ2v) is 8.26. The van der Waals surface area contributed by atoms with Crippen LogP contribution in [-0.4, -0.2) is 45.1 Å². The summed E-state index contributed by atoms with van der Waals surface area (Å²) in [5.74, 6) is -1.59. The lowest BCUT2D eigenvalue weighted by molar-refractivity contribution is -0.156. The molecule has 27 heavy (non-hydrogen) atoms. The number of fused-ring (bicyclic) bond motifs is 3. The van der Waals surface area contributed by atoms with Crippen LogP contribution in [0, 0.1) is 5.92 Å². The van der Waals surface area contributed by atoms with Crippen molar-refractivity contribution < 1.29 is 19.5 Å². The van der Waals surface area contributed by atoms with Crippen LogP contribution in [0.4, 0.5) is 0 Å². The predicted molar refractivity (Wildman–Crippen MR) is 105 cm³/mol. The Morgan fingerprint density at radius 3 is 2.63 bits per heavy atom. The number of thiol groups is 1. The molecule has 1 aromatic rings. The normalized spacial score (nSPS) is 26.0. The molecule has 2 aliphatic heterocycles. The average molecular weight is 391 g/mol. The van der Waals surface area contributed by atoms with Crippen molar-refractivity contribution in [2.75, 3.05) is 0 Å². The molecule has 2 aliphatic rings. The molecule has 0 unspecified atom stereocenters. The Hall–Kier alpha value is -2.02. The van der Waals surface area contributed by atoms with Crippen molar-refractivity contribution in [1.29, 1.82) is 0 Å². The topological polar surface area (TPSA) is 86.7 Å². The van der Waals surface area contributed by atoms with Gasteiger partial charge in [-0.05, 0) is 36.3 Å². The zero-order valence-electron chi connectivity index (χ0n) is 15.6. The van der Waals surface area contributed by atoms with Gasteiger partial charge in [-0.25, -0.2) is 4.79 Å². The van der Waals surface area contributed by atoms with E-state index >= 15 is 0 Å². The van der Waals surface area contributed by atoms with E-state index in [0.717, 1.165) is 24.0 Å². The maximum Gasteiger partial charge on any atom is 0.326 e. The molecule has 0 aromatic heterocycles. The number of aliphatic carboxylic acids is 1. The Morgan fingerprint density at radius 1 is 1.26 bits per heavy atom. The summed E-state index contributed by atoms with van der Waals surface area (Å²) in [6.07, 6.45) is 2.28. The number of hydrogen-bond acceptors (Lipinski definition) is 4. The van der Waals surface area contributed by atoms with Crippen LogP contribution < -0.4 is 5.32 Å². The molecule has 0 spiro atoms. The molecular weight excluding hydrogens is 364 g/mol. The Labute approximate surface area is 164 Å². The van der Waals surface area contributed by atoms with Gasteiger partial charge in [0.2, 0.25) is 11.8 Å². The summed E-state index contributed by atoms with van der Waals surface area (Å²) in [4.78, 5) is 39.1. The lowest BCUT2D eigenvalue weighted by atomic mass is 9.89. The van der Waals surface area contributed by atoms with Gasteiger partial charge in [-0.2, -0.15) is 12.6 Å². The summed E-state index contributed by atoms with van der Waals surface area (Å²) in [6, 6.07) is 5.83. The first-order chi connectivity index (χ1) is 12.8. The Bertz CT molecular complexity index is 751. The van der Waals surface area contributed by atoms with E-state index in [-0.39, 0.29) is 23.8 Å². The Kier molecular flexibility index (Phi) is 5.79. The second-order valence-electron chi connectivity index (χ2n) is 7.70. The van der Waals surface area contributed by atoms with Gasteiger partial charge in [0, 0.05) is 6.42 Å². The fraction of sp³-hybridized carbons (Fsp3) is 0.550.